The molecular weight excluding hydrogens is 296 g/mol. The molecule has 0 bridgehead atoms. The van der Waals surface area contributed by atoms with Gasteiger partial charge in [-0.15, -0.1) is 0 Å². The molecule has 0 aliphatic carbocycles. The van der Waals surface area contributed by atoms with E-state index < -0.39 is 0 Å². The Hall–Kier alpha value is -2.94. The van der Waals surface area contributed by atoms with Crippen LogP contribution in [0.15, 0.2) is 66.7 Å². The van der Waals surface area contributed by atoms with E-state index in [9.17, 15) is 0 Å². The number of ether oxygens (including phenoxy) is 1. The van der Waals surface area contributed by atoms with Crippen molar-refractivity contribution in [2.45, 2.75) is 13.5 Å². The molecule has 0 saturated carbocycles. The third-order valence-corrected chi connectivity index (χ3v) is 4.47. The van der Waals surface area contributed by atoms with E-state index >= 15 is 0 Å². The number of anilines is 2. The molecule has 0 radical (unpaired) electrons. The Kier molecular flexibility index (Phi) is 3.62. The highest BCUT2D eigenvalue weighted by atomic mass is 16.5. The minimum Gasteiger partial charge on any atom is -0.497 e. The third-order valence-electron chi connectivity index (χ3n) is 4.47. The van der Waals surface area contributed by atoms with Crippen molar-refractivity contribution in [2.24, 2.45) is 0 Å². The highest BCUT2D eigenvalue weighted by molar-refractivity contribution is 6.09. The summed E-state index contributed by atoms with van der Waals surface area (Å²) in [6.07, 6.45) is 0. The van der Waals surface area contributed by atoms with Gasteiger partial charge in [0, 0.05) is 39.7 Å². The first-order chi connectivity index (χ1) is 11.8. The van der Waals surface area contributed by atoms with Crippen LogP contribution < -0.4 is 10.1 Å². The van der Waals surface area contributed by atoms with E-state index in [2.05, 4.69) is 59.3 Å². The predicted molar refractivity (Wildman–Crippen MR) is 101 cm³/mol. The number of rotatable bonds is 4. The number of aromatic nitrogens is 1. The summed E-state index contributed by atoms with van der Waals surface area (Å²) >= 11 is 0. The van der Waals surface area contributed by atoms with Gasteiger partial charge in [0.25, 0.3) is 0 Å². The number of benzene rings is 3. The molecule has 0 aliphatic rings. The van der Waals surface area contributed by atoms with Gasteiger partial charge in [-0.1, -0.05) is 18.2 Å². The zero-order chi connectivity index (χ0) is 16.5. The van der Waals surface area contributed by atoms with Crippen LogP contribution in [-0.4, -0.2) is 11.7 Å². The van der Waals surface area contributed by atoms with Gasteiger partial charge in [0.2, 0.25) is 0 Å². The topological polar surface area (TPSA) is 26.2 Å². The summed E-state index contributed by atoms with van der Waals surface area (Å²) in [7, 11) is 1.68. The summed E-state index contributed by atoms with van der Waals surface area (Å²) in [5.74, 6) is 0.863. The van der Waals surface area contributed by atoms with Crippen molar-refractivity contribution < 1.29 is 4.74 Å². The molecule has 4 aromatic rings. The maximum atomic E-state index is 5.21. The fourth-order valence-electron chi connectivity index (χ4n) is 3.31. The predicted octanol–water partition coefficient (Wildman–Crippen LogP) is 5.57. The molecule has 0 aliphatic heterocycles. The quantitative estimate of drug-likeness (QED) is 0.533. The zero-order valence-corrected chi connectivity index (χ0v) is 13.9. The second-order valence-electron chi connectivity index (χ2n) is 5.85. The Morgan fingerprint density at radius 3 is 2.29 bits per heavy atom. The van der Waals surface area contributed by atoms with Crippen molar-refractivity contribution in [1.29, 1.82) is 0 Å². The summed E-state index contributed by atoms with van der Waals surface area (Å²) in [5, 5.41) is 6.06. The van der Waals surface area contributed by atoms with Gasteiger partial charge in [0.1, 0.15) is 5.75 Å². The molecule has 1 aromatic heterocycles. The molecule has 0 saturated heterocycles. The first kappa shape index (κ1) is 14.6. The Morgan fingerprint density at radius 1 is 0.833 bits per heavy atom. The third kappa shape index (κ3) is 2.38. The van der Waals surface area contributed by atoms with E-state index in [1.54, 1.807) is 7.11 Å². The van der Waals surface area contributed by atoms with Gasteiger partial charge in [0.15, 0.2) is 0 Å². The van der Waals surface area contributed by atoms with Gasteiger partial charge in [-0.3, -0.25) is 0 Å². The van der Waals surface area contributed by atoms with Crippen LogP contribution in [0.4, 0.5) is 11.4 Å². The average Bonchev–Trinajstić information content (AvgIpc) is 2.95. The number of hydrogen-bond acceptors (Lipinski definition) is 2. The molecule has 0 unspecified atom stereocenters. The summed E-state index contributed by atoms with van der Waals surface area (Å²) in [6.45, 7) is 3.16. The van der Waals surface area contributed by atoms with Gasteiger partial charge in [-0.05, 0) is 55.5 Å². The van der Waals surface area contributed by atoms with E-state index in [0.717, 1.165) is 23.7 Å². The molecular formula is C21H20N2O. The Balaban J connectivity index is 1.78. The number of methoxy groups -OCH3 is 1. The Labute approximate surface area is 141 Å². The summed E-state index contributed by atoms with van der Waals surface area (Å²) in [5.41, 5.74) is 4.71. The number of hydrogen-bond donors (Lipinski definition) is 1. The standard InChI is InChI=1S/C21H20N2O/c1-3-23-20-7-5-4-6-18(20)19-14-16(10-13-21(19)23)22-15-8-11-17(24-2)12-9-15/h4-14,22H,3H2,1-2H3. The largest absolute Gasteiger partial charge is 0.497 e. The zero-order valence-electron chi connectivity index (χ0n) is 13.9. The molecule has 4 rings (SSSR count). The van der Waals surface area contributed by atoms with Crippen LogP contribution in [0.1, 0.15) is 6.92 Å². The van der Waals surface area contributed by atoms with E-state index in [-0.39, 0.29) is 0 Å². The maximum absolute atomic E-state index is 5.21. The van der Waals surface area contributed by atoms with Gasteiger partial charge < -0.3 is 14.6 Å². The second kappa shape index (κ2) is 5.93. The molecule has 1 N–H and O–H groups in total. The molecule has 3 heteroatoms. The molecule has 1 heterocycles. The summed E-state index contributed by atoms with van der Waals surface area (Å²) < 4.78 is 7.57. The minimum absolute atomic E-state index is 0.863. The molecule has 0 atom stereocenters. The van der Waals surface area contributed by atoms with Gasteiger partial charge in [-0.25, -0.2) is 0 Å². The SMILES string of the molecule is CCn1c2ccccc2c2cc(Nc3ccc(OC)cc3)ccc21. The normalized spacial score (nSPS) is 11.1. The highest BCUT2D eigenvalue weighted by Crippen LogP contribution is 2.32. The van der Waals surface area contributed by atoms with Crippen LogP contribution in [0.3, 0.4) is 0 Å². The van der Waals surface area contributed by atoms with Crippen LogP contribution in [0.25, 0.3) is 21.8 Å². The molecule has 3 aromatic carbocycles. The van der Waals surface area contributed by atoms with Gasteiger partial charge in [0.05, 0.1) is 7.11 Å². The van der Waals surface area contributed by atoms with Crippen molar-refractivity contribution in [1.82, 2.24) is 4.57 Å². The fourth-order valence-corrected chi connectivity index (χ4v) is 3.31. The smallest absolute Gasteiger partial charge is 0.119 e. The van der Waals surface area contributed by atoms with E-state index in [1.807, 2.05) is 24.3 Å². The summed E-state index contributed by atoms with van der Waals surface area (Å²) in [4.78, 5) is 0. The number of nitrogens with zero attached hydrogens (tertiary/aromatic N) is 1. The molecule has 24 heavy (non-hydrogen) atoms. The maximum Gasteiger partial charge on any atom is 0.119 e. The Bertz CT molecular complexity index is 1000. The number of para-hydroxylation sites is 1. The van der Waals surface area contributed by atoms with Crippen LogP contribution in [-0.2, 0) is 6.54 Å². The lowest BCUT2D eigenvalue weighted by Gasteiger charge is -2.08. The van der Waals surface area contributed by atoms with Crippen molar-refractivity contribution in [3.8, 4) is 5.75 Å². The summed E-state index contributed by atoms with van der Waals surface area (Å²) in [6, 6.07) is 23.1. The molecule has 3 nitrogen and oxygen atoms in total. The van der Waals surface area contributed by atoms with Crippen LogP contribution in [0.5, 0.6) is 5.75 Å². The Morgan fingerprint density at radius 2 is 1.54 bits per heavy atom. The number of nitrogens with one attached hydrogen (secondary N) is 1. The van der Waals surface area contributed by atoms with Crippen molar-refractivity contribution in [3.05, 3.63) is 66.7 Å². The second-order valence-corrected chi connectivity index (χ2v) is 5.85. The van der Waals surface area contributed by atoms with Crippen LogP contribution in [0, 0.1) is 0 Å². The van der Waals surface area contributed by atoms with E-state index in [0.29, 0.717) is 0 Å². The number of aryl methyl sites for hydroxylation is 1. The monoisotopic (exact) mass is 316 g/mol. The highest BCUT2D eigenvalue weighted by Gasteiger charge is 2.09. The molecule has 0 spiro atoms. The van der Waals surface area contributed by atoms with Crippen LogP contribution >= 0.6 is 0 Å². The van der Waals surface area contributed by atoms with Gasteiger partial charge in [-0.2, -0.15) is 0 Å². The fraction of sp³-hybridized carbons (Fsp3) is 0.143. The van der Waals surface area contributed by atoms with E-state index in [4.69, 9.17) is 4.74 Å². The van der Waals surface area contributed by atoms with Gasteiger partial charge >= 0.3 is 0 Å². The van der Waals surface area contributed by atoms with Crippen LogP contribution in [0.2, 0.25) is 0 Å². The van der Waals surface area contributed by atoms with Crippen molar-refractivity contribution in [3.63, 3.8) is 0 Å². The lowest BCUT2D eigenvalue weighted by Crippen LogP contribution is -1.93. The lowest BCUT2D eigenvalue weighted by molar-refractivity contribution is 0.415. The lowest BCUT2D eigenvalue weighted by atomic mass is 10.1. The van der Waals surface area contributed by atoms with E-state index in [1.165, 1.54) is 21.8 Å². The molecule has 0 fully saturated rings. The molecule has 120 valence electrons. The first-order valence-corrected chi connectivity index (χ1v) is 8.22. The van der Waals surface area contributed by atoms with Crippen molar-refractivity contribution in [2.75, 3.05) is 12.4 Å². The average molecular weight is 316 g/mol. The minimum atomic E-state index is 0.863. The molecule has 0 amide bonds. The first-order valence-electron chi connectivity index (χ1n) is 8.22. The van der Waals surface area contributed by atoms with Crippen molar-refractivity contribution >= 4 is 33.2 Å². The number of fused-ring (bicyclic) bond motifs is 3.